The standard InChI is InChI=1S/C20H25NO2S/c1-14-5-9-19(10-6-14)24-12-11-21-20(22)17(4)23-18-8-7-15(2)16(3)13-18/h5-10,13,17H,11-12H2,1-4H3,(H,21,22)/t17-/m0/s1. The zero-order valence-corrected chi connectivity index (χ0v) is 15.6. The molecule has 2 aromatic rings. The molecule has 0 aromatic heterocycles. The second-order valence-electron chi connectivity index (χ2n) is 5.96. The predicted molar refractivity (Wildman–Crippen MR) is 101 cm³/mol. The summed E-state index contributed by atoms with van der Waals surface area (Å²) >= 11 is 1.73. The van der Waals surface area contributed by atoms with Gasteiger partial charge in [0.15, 0.2) is 6.10 Å². The molecule has 4 heteroatoms. The molecule has 3 nitrogen and oxygen atoms in total. The van der Waals surface area contributed by atoms with Crippen molar-refractivity contribution in [3.63, 3.8) is 0 Å². The Labute approximate surface area is 148 Å². The number of rotatable bonds is 7. The number of nitrogens with one attached hydrogen (secondary N) is 1. The first-order valence-corrected chi connectivity index (χ1v) is 9.15. The molecule has 0 fully saturated rings. The molecule has 24 heavy (non-hydrogen) atoms. The van der Waals surface area contributed by atoms with E-state index in [2.05, 4.69) is 43.4 Å². The maximum atomic E-state index is 12.1. The van der Waals surface area contributed by atoms with Gasteiger partial charge in [-0.25, -0.2) is 0 Å². The fourth-order valence-electron chi connectivity index (χ4n) is 2.17. The van der Waals surface area contributed by atoms with Gasteiger partial charge in [-0.1, -0.05) is 23.8 Å². The molecule has 0 radical (unpaired) electrons. The average molecular weight is 343 g/mol. The van der Waals surface area contributed by atoms with Crippen molar-refractivity contribution in [1.82, 2.24) is 5.32 Å². The lowest BCUT2D eigenvalue weighted by molar-refractivity contribution is -0.127. The summed E-state index contributed by atoms with van der Waals surface area (Å²) in [6, 6.07) is 14.3. The summed E-state index contributed by atoms with van der Waals surface area (Å²) in [6.45, 7) is 8.57. The molecule has 0 aliphatic rings. The molecular weight excluding hydrogens is 318 g/mol. The second kappa shape index (κ2) is 8.78. The largest absolute Gasteiger partial charge is 0.481 e. The summed E-state index contributed by atoms with van der Waals surface area (Å²) in [5, 5.41) is 2.93. The van der Waals surface area contributed by atoms with Crippen molar-refractivity contribution < 1.29 is 9.53 Å². The van der Waals surface area contributed by atoms with Gasteiger partial charge in [0.05, 0.1) is 0 Å². The lowest BCUT2D eigenvalue weighted by Gasteiger charge is -2.15. The van der Waals surface area contributed by atoms with Crippen molar-refractivity contribution in [1.29, 1.82) is 0 Å². The third kappa shape index (κ3) is 5.60. The van der Waals surface area contributed by atoms with E-state index in [0.29, 0.717) is 6.54 Å². The molecule has 1 N–H and O–H groups in total. The van der Waals surface area contributed by atoms with Crippen LogP contribution < -0.4 is 10.1 Å². The fourth-order valence-corrected chi connectivity index (χ4v) is 2.93. The molecule has 1 atom stereocenters. The first-order valence-electron chi connectivity index (χ1n) is 8.17. The first kappa shape index (κ1) is 18.4. The number of hydrogen-bond donors (Lipinski definition) is 1. The molecule has 0 aliphatic heterocycles. The smallest absolute Gasteiger partial charge is 0.260 e. The Morgan fingerprint density at radius 2 is 1.79 bits per heavy atom. The van der Waals surface area contributed by atoms with Gasteiger partial charge in [-0.05, 0) is 63.1 Å². The molecule has 0 unspecified atom stereocenters. The topological polar surface area (TPSA) is 38.3 Å². The normalized spacial score (nSPS) is 11.8. The highest BCUT2D eigenvalue weighted by Crippen LogP contribution is 2.18. The molecule has 0 saturated heterocycles. The van der Waals surface area contributed by atoms with E-state index in [1.807, 2.05) is 25.1 Å². The van der Waals surface area contributed by atoms with Gasteiger partial charge in [-0.15, -0.1) is 11.8 Å². The van der Waals surface area contributed by atoms with Crippen LogP contribution in [0.4, 0.5) is 0 Å². The van der Waals surface area contributed by atoms with Gasteiger partial charge >= 0.3 is 0 Å². The highest BCUT2D eigenvalue weighted by atomic mass is 32.2. The monoisotopic (exact) mass is 343 g/mol. The van der Waals surface area contributed by atoms with Crippen molar-refractivity contribution in [3.8, 4) is 5.75 Å². The molecule has 2 rings (SSSR count). The molecule has 1 amide bonds. The van der Waals surface area contributed by atoms with Crippen molar-refractivity contribution in [2.75, 3.05) is 12.3 Å². The SMILES string of the molecule is Cc1ccc(SCCNC(=O)[C@H](C)Oc2ccc(C)c(C)c2)cc1. The van der Waals surface area contributed by atoms with Crippen LogP contribution in [0.15, 0.2) is 47.4 Å². The molecule has 0 aliphatic carbocycles. The van der Waals surface area contributed by atoms with Crippen LogP contribution in [0.25, 0.3) is 0 Å². The van der Waals surface area contributed by atoms with E-state index in [0.717, 1.165) is 17.1 Å². The van der Waals surface area contributed by atoms with Gasteiger partial charge in [0, 0.05) is 17.2 Å². The highest BCUT2D eigenvalue weighted by molar-refractivity contribution is 7.99. The minimum atomic E-state index is -0.503. The van der Waals surface area contributed by atoms with Crippen LogP contribution in [0.3, 0.4) is 0 Å². The van der Waals surface area contributed by atoms with E-state index in [1.54, 1.807) is 18.7 Å². The van der Waals surface area contributed by atoms with E-state index >= 15 is 0 Å². The van der Waals surface area contributed by atoms with Crippen LogP contribution in [-0.4, -0.2) is 24.3 Å². The average Bonchev–Trinajstić information content (AvgIpc) is 2.56. The van der Waals surface area contributed by atoms with Gasteiger partial charge in [0.1, 0.15) is 5.75 Å². The lowest BCUT2D eigenvalue weighted by atomic mass is 10.1. The van der Waals surface area contributed by atoms with Crippen LogP contribution in [0, 0.1) is 20.8 Å². The van der Waals surface area contributed by atoms with Crippen LogP contribution in [-0.2, 0) is 4.79 Å². The number of thioether (sulfide) groups is 1. The van der Waals surface area contributed by atoms with E-state index in [1.165, 1.54) is 16.0 Å². The molecule has 128 valence electrons. The number of aryl methyl sites for hydroxylation is 3. The Kier molecular flexibility index (Phi) is 6.73. The van der Waals surface area contributed by atoms with Gasteiger partial charge < -0.3 is 10.1 Å². The third-order valence-corrected chi connectivity index (χ3v) is 4.87. The fraction of sp³-hybridized carbons (Fsp3) is 0.350. The Morgan fingerprint density at radius 1 is 1.08 bits per heavy atom. The predicted octanol–water partition coefficient (Wildman–Crippen LogP) is 4.29. The number of benzene rings is 2. The Morgan fingerprint density at radius 3 is 2.46 bits per heavy atom. The highest BCUT2D eigenvalue weighted by Gasteiger charge is 2.14. The Hall–Kier alpha value is -1.94. The molecule has 0 bridgehead atoms. The second-order valence-corrected chi connectivity index (χ2v) is 7.13. The summed E-state index contributed by atoms with van der Waals surface area (Å²) < 4.78 is 5.72. The number of amides is 1. The van der Waals surface area contributed by atoms with E-state index in [9.17, 15) is 4.79 Å². The maximum Gasteiger partial charge on any atom is 0.260 e. The van der Waals surface area contributed by atoms with Crippen molar-refractivity contribution >= 4 is 17.7 Å². The summed E-state index contributed by atoms with van der Waals surface area (Å²) in [5.41, 5.74) is 3.63. The van der Waals surface area contributed by atoms with Crippen molar-refractivity contribution in [2.45, 2.75) is 38.7 Å². The summed E-state index contributed by atoms with van der Waals surface area (Å²) in [6.07, 6.45) is -0.503. The number of hydrogen-bond acceptors (Lipinski definition) is 3. The zero-order chi connectivity index (χ0) is 17.5. The summed E-state index contributed by atoms with van der Waals surface area (Å²) in [7, 11) is 0. The van der Waals surface area contributed by atoms with Crippen LogP contribution >= 0.6 is 11.8 Å². The van der Waals surface area contributed by atoms with Gasteiger partial charge in [-0.2, -0.15) is 0 Å². The molecule has 0 saturated carbocycles. The number of carbonyl (C=O) groups is 1. The van der Waals surface area contributed by atoms with E-state index in [-0.39, 0.29) is 5.91 Å². The van der Waals surface area contributed by atoms with Gasteiger partial charge in [0.2, 0.25) is 0 Å². The van der Waals surface area contributed by atoms with E-state index in [4.69, 9.17) is 4.74 Å². The van der Waals surface area contributed by atoms with Crippen molar-refractivity contribution in [3.05, 3.63) is 59.2 Å². The molecule has 2 aromatic carbocycles. The molecule has 0 spiro atoms. The number of ether oxygens (including phenoxy) is 1. The van der Waals surface area contributed by atoms with E-state index < -0.39 is 6.10 Å². The van der Waals surface area contributed by atoms with Gasteiger partial charge in [0.25, 0.3) is 5.91 Å². The molecular formula is C20H25NO2S. The maximum absolute atomic E-state index is 12.1. The lowest BCUT2D eigenvalue weighted by Crippen LogP contribution is -2.37. The minimum Gasteiger partial charge on any atom is -0.481 e. The van der Waals surface area contributed by atoms with Crippen LogP contribution in [0.2, 0.25) is 0 Å². The Bertz CT molecular complexity index is 683. The first-order chi connectivity index (χ1) is 11.5. The molecule has 0 heterocycles. The quantitative estimate of drug-likeness (QED) is 0.602. The van der Waals surface area contributed by atoms with Crippen molar-refractivity contribution in [2.24, 2.45) is 0 Å². The number of carbonyl (C=O) groups excluding carboxylic acids is 1. The van der Waals surface area contributed by atoms with Crippen LogP contribution in [0.1, 0.15) is 23.6 Å². The zero-order valence-electron chi connectivity index (χ0n) is 14.8. The summed E-state index contributed by atoms with van der Waals surface area (Å²) in [4.78, 5) is 13.3. The summed E-state index contributed by atoms with van der Waals surface area (Å²) in [5.74, 6) is 1.48. The third-order valence-electron chi connectivity index (χ3n) is 3.85. The van der Waals surface area contributed by atoms with Crippen LogP contribution in [0.5, 0.6) is 5.75 Å². The minimum absolute atomic E-state index is 0.0854. The Balaban J connectivity index is 1.73. The van der Waals surface area contributed by atoms with Gasteiger partial charge in [-0.3, -0.25) is 4.79 Å².